The first-order valence-electron chi connectivity index (χ1n) is 12.5. The van der Waals surface area contributed by atoms with Crippen molar-refractivity contribution in [3.8, 4) is 33.1 Å². The quantitative estimate of drug-likeness (QED) is 0.218. The van der Waals surface area contributed by atoms with Gasteiger partial charge in [-0.05, 0) is 48.7 Å². The predicted molar refractivity (Wildman–Crippen MR) is 155 cm³/mol. The van der Waals surface area contributed by atoms with E-state index < -0.39 is 0 Å². The Morgan fingerprint density at radius 2 is 1.87 bits per heavy atom. The van der Waals surface area contributed by atoms with Crippen LogP contribution in [0.2, 0.25) is 0 Å². The maximum Gasteiger partial charge on any atom is 0.224 e. The number of nitrogens with one attached hydrogen (secondary N) is 3. The first-order chi connectivity index (χ1) is 18.2. The molecule has 5 heterocycles. The van der Waals surface area contributed by atoms with E-state index >= 15 is 0 Å². The van der Waals surface area contributed by atoms with Crippen LogP contribution in [0.25, 0.3) is 54.9 Å². The molecule has 6 rings (SSSR count). The summed E-state index contributed by atoms with van der Waals surface area (Å²) in [6, 6.07) is 16.8. The standard InChI is InChI=1S/C30H28N6OS/c1-17-8-9-27(38-17)20-6-5-7-23-21(20)11-25(34-23)29-22-12-24(32-16-26(22)35-36-29)18-10-19(15-31-14-18)33-28(37)13-30(2,3)4/h5-12,14-16,34H,13H2,1-4H3,(H,33,37)(H,35,36). The zero-order chi connectivity index (χ0) is 26.4. The van der Waals surface area contributed by atoms with E-state index in [1.165, 1.54) is 15.3 Å². The van der Waals surface area contributed by atoms with Crippen molar-refractivity contribution < 1.29 is 4.79 Å². The third-order valence-electron chi connectivity index (χ3n) is 6.38. The van der Waals surface area contributed by atoms with Crippen LogP contribution in [0.1, 0.15) is 32.1 Å². The van der Waals surface area contributed by atoms with Crippen molar-refractivity contribution in [2.45, 2.75) is 34.1 Å². The molecule has 0 unspecified atom stereocenters. The first kappa shape index (κ1) is 24.1. The smallest absolute Gasteiger partial charge is 0.224 e. The third kappa shape index (κ3) is 4.70. The molecule has 5 aromatic heterocycles. The van der Waals surface area contributed by atoms with Crippen molar-refractivity contribution in [1.82, 2.24) is 25.1 Å². The van der Waals surface area contributed by atoms with Gasteiger partial charge in [0.05, 0.1) is 35.0 Å². The average Bonchev–Trinajstić information content (AvgIpc) is 3.60. The van der Waals surface area contributed by atoms with Gasteiger partial charge in [0.15, 0.2) is 0 Å². The highest BCUT2D eigenvalue weighted by Gasteiger charge is 2.17. The van der Waals surface area contributed by atoms with Crippen LogP contribution in [0.15, 0.2) is 67.1 Å². The van der Waals surface area contributed by atoms with Crippen molar-refractivity contribution in [3.63, 3.8) is 0 Å². The molecule has 1 amide bonds. The van der Waals surface area contributed by atoms with Crippen LogP contribution in [0, 0.1) is 12.3 Å². The van der Waals surface area contributed by atoms with Crippen LogP contribution < -0.4 is 5.32 Å². The molecule has 0 saturated carbocycles. The molecule has 6 aromatic rings. The third-order valence-corrected chi connectivity index (χ3v) is 7.41. The van der Waals surface area contributed by atoms with E-state index in [1.807, 2.05) is 32.9 Å². The number of carbonyl (C=O) groups is 1. The molecule has 0 aliphatic heterocycles. The Balaban J connectivity index is 1.36. The minimum Gasteiger partial charge on any atom is -0.353 e. The van der Waals surface area contributed by atoms with Crippen molar-refractivity contribution >= 4 is 44.7 Å². The van der Waals surface area contributed by atoms with Crippen LogP contribution in [-0.2, 0) is 4.79 Å². The van der Waals surface area contributed by atoms with E-state index in [-0.39, 0.29) is 11.3 Å². The molecular weight excluding hydrogens is 492 g/mol. The molecule has 0 aliphatic rings. The van der Waals surface area contributed by atoms with Gasteiger partial charge in [0, 0.05) is 49.8 Å². The molecule has 0 fully saturated rings. The van der Waals surface area contributed by atoms with E-state index in [9.17, 15) is 4.79 Å². The summed E-state index contributed by atoms with van der Waals surface area (Å²) in [5.74, 6) is -0.0344. The highest BCUT2D eigenvalue weighted by Crippen LogP contribution is 2.37. The van der Waals surface area contributed by atoms with Gasteiger partial charge < -0.3 is 10.3 Å². The lowest BCUT2D eigenvalue weighted by molar-refractivity contribution is -0.117. The van der Waals surface area contributed by atoms with Crippen molar-refractivity contribution in [1.29, 1.82) is 0 Å². The van der Waals surface area contributed by atoms with Gasteiger partial charge >= 0.3 is 0 Å². The topological polar surface area (TPSA) is 99.3 Å². The average molecular weight is 521 g/mol. The largest absolute Gasteiger partial charge is 0.353 e. The van der Waals surface area contributed by atoms with Gasteiger partial charge in [-0.3, -0.25) is 19.9 Å². The number of aryl methyl sites for hydroxylation is 1. The highest BCUT2D eigenvalue weighted by atomic mass is 32.1. The molecule has 0 aliphatic carbocycles. The van der Waals surface area contributed by atoms with Crippen LogP contribution in [-0.4, -0.2) is 31.1 Å². The first-order valence-corrected chi connectivity index (χ1v) is 13.3. The maximum atomic E-state index is 12.4. The maximum absolute atomic E-state index is 12.4. The fourth-order valence-corrected chi connectivity index (χ4v) is 5.60. The summed E-state index contributed by atoms with van der Waals surface area (Å²) >= 11 is 1.80. The lowest BCUT2D eigenvalue weighted by Gasteiger charge is -2.17. The molecule has 3 N–H and O–H groups in total. The Morgan fingerprint density at radius 1 is 1.00 bits per heavy atom. The molecule has 0 bridgehead atoms. The summed E-state index contributed by atoms with van der Waals surface area (Å²) in [6.45, 7) is 8.25. The fourth-order valence-electron chi connectivity index (χ4n) is 4.69. The van der Waals surface area contributed by atoms with Gasteiger partial charge in [0.1, 0.15) is 5.69 Å². The van der Waals surface area contributed by atoms with Crippen LogP contribution in [0.4, 0.5) is 5.69 Å². The monoisotopic (exact) mass is 520 g/mol. The second kappa shape index (κ2) is 9.22. The van der Waals surface area contributed by atoms with Crippen molar-refractivity contribution in [3.05, 3.63) is 72.0 Å². The number of thiophene rings is 1. The van der Waals surface area contributed by atoms with E-state index in [4.69, 9.17) is 0 Å². The number of carbonyl (C=O) groups excluding carboxylic acids is 1. The van der Waals surface area contributed by atoms with Gasteiger partial charge in [0.25, 0.3) is 0 Å². The number of aromatic amines is 2. The normalized spacial score (nSPS) is 11.9. The Hall–Kier alpha value is -4.30. The molecule has 0 saturated heterocycles. The van der Waals surface area contributed by atoms with Crippen molar-refractivity contribution in [2.75, 3.05) is 5.32 Å². The Labute approximate surface area is 224 Å². The fraction of sp³-hybridized carbons (Fsp3) is 0.200. The number of nitrogens with zero attached hydrogens (tertiary/aromatic N) is 3. The lowest BCUT2D eigenvalue weighted by Crippen LogP contribution is -2.19. The zero-order valence-electron chi connectivity index (χ0n) is 21.7. The molecule has 7 nitrogen and oxygen atoms in total. The number of hydrogen-bond donors (Lipinski definition) is 3. The van der Waals surface area contributed by atoms with Crippen LogP contribution in [0.5, 0.6) is 0 Å². The minimum atomic E-state index is -0.0918. The molecule has 0 atom stereocenters. The number of aromatic nitrogens is 5. The molecule has 8 heteroatoms. The highest BCUT2D eigenvalue weighted by molar-refractivity contribution is 7.15. The van der Waals surface area contributed by atoms with Crippen molar-refractivity contribution in [2.24, 2.45) is 5.41 Å². The molecule has 0 radical (unpaired) electrons. The van der Waals surface area contributed by atoms with E-state index in [2.05, 4.69) is 73.8 Å². The number of rotatable bonds is 5. The summed E-state index contributed by atoms with van der Waals surface area (Å²) in [6.07, 6.45) is 5.63. The molecule has 1 aromatic carbocycles. The Kier molecular flexibility index (Phi) is 5.84. The van der Waals surface area contributed by atoms with Gasteiger partial charge in [-0.1, -0.05) is 32.9 Å². The molecule has 38 heavy (non-hydrogen) atoms. The minimum absolute atomic E-state index is 0.0344. The SMILES string of the molecule is Cc1ccc(-c2cccc3[nH]c(-c4n[nH]c5cnc(-c6cncc(NC(=O)CC(C)(C)C)c6)cc45)cc23)s1. The summed E-state index contributed by atoms with van der Waals surface area (Å²) < 4.78 is 0. The number of H-pyrrole nitrogens is 2. The van der Waals surface area contributed by atoms with Gasteiger partial charge in [-0.15, -0.1) is 11.3 Å². The number of amides is 1. The summed E-state index contributed by atoms with van der Waals surface area (Å²) in [5, 5.41) is 12.8. The Bertz CT molecular complexity index is 1800. The van der Waals surface area contributed by atoms with E-state index in [0.717, 1.165) is 44.5 Å². The summed E-state index contributed by atoms with van der Waals surface area (Å²) in [4.78, 5) is 27.5. The van der Waals surface area contributed by atoms with E-state index in [1.54, 1.807) is 29.9 Å². The number of hydrogen-bond acceptors (Lipinski definition) is 5. The number of anilines is 1. The second-order valence-corrected chi connectivity index (χ2v) is 12.1. The summed E-state index contributed by atoms with van der Waals surface area (Å²) in [5.41, 5.74) is 7.02. The molecule has 190 valence electrons. The lowest BCUT2D eigenvalue weighted by atomic mass is 9.92. The van der Waals surface area contributed by atoms with Crippen LogP contribution in [0.3, 0.4) is 0 Å². The summed E-state index contributed by atoms with van der Waals surface area (Å²) in [7, 11) is 0. The molecule has 0 spiro atoms. The van der Waals surface area contributed by atoms with E-state index in [0.29, 0.717) is 12.1 Å². The van der Waals surface area contributed by atoms with Gasteiger partial charge in [0.2, 0.25) is 5.91 Å². The number of benzene rings is 1. The zero-order valence-corrected chi connectivity index (χ0v) is 22.5. The molecular formula is C30H28N6OS. The number of fused-ring (bicyclic) bond motifs is 2. The second-order valence-electron chi connectivity index (χ2n) is 10.8. The Morgan fingerprint density at radius 3 is 2.66 bits per heavy atom. The van der Waals surface area contributed by atoms with Crippen LogP contribution >= 0.6 is 11.3 Å². The predicted octanol–water partition coefficient (Wildman–Crippen LogP) is 7.58. The van der Waals surface area contributed by atoms with Gasteiger partial charge in [-0.2, -0.15) is 5.10 Å². The van der Waals surface area contributed by atoms with Gasteiger partial charge in [-0.25, -0.2) is 0 Å². The number of pyridine rings is 2.